The summed E-state index contributed by atoms with van der Waals surface area (Å²) in [5.41, 5.74) is 0. The third-order valence-electron chi connectivity index (χ3n) is 3.23. The van der Waals surface area contributed by atoms with Crippen molar-refractivity contribution in [3.05, 3.63) is 60.7 Å². The molecule has 5 heteroatoms. The number of hydrogen-bond acceptors (Lipinski definition) is 3. The van der Waals surface area contributed by atoms with Gasteiger partial charge in [-0.1, -0.05) is 0 Å². The van der Waals surface area contributed by atoms with Gasteiger partial charge in [-0.15, -0.1) is 0 Å². The monoisotopic (exact) mass is 428 g/mol. The number of halogens is 1. The van der Waals surface area contributed by atoms with Crippen molar-refractivity contribution < 1.29 is 0 Å². The molecule has 22 heavy (non-hydrogen) atoms. The second kappa shape index (κ2) is 9.38. The van der Waals surface area contributed by atoms with Crippen LogP contribution in [0.3, 0.4) is 0 Å². The van der Waals surface area contributed by atoms with Crippen LogP contribution in [0.25, 0.3) is 0 Å². The molecule has 2 rings (SSSR count). The van der Waals surface area contributed by atoms with Gasteiger partial charge in [0.05, 0.1) is 0 Å². The number of thiocarbonyl (C=S) groups is 1. The third-order valence-corrected chi connectivity index (χ3v) is 21.0. The maximum absolute atomic E-state index is 7.25. The Balaban J connectivity index is 2.25. The molecular formula is C17H19ClGeS3. The fourth-order valence-corrected chi connectivity index (χ4v) is 20.4. The number of unbranched alkanes of at least 4 members (excludes halogenated alkanes) is 1. The predicted molar refractivity (Wildman–Crippen MR) is 111 cm³/mol. The van der Waals surface area contributed by atoms with E-state index >= 15 is 0 Å². The van der Waals surface area contributed by atoms with Gasteiger partial charge in [0, 0.05) is 0 Å². The van der Waals surface area contributed by atoms with E-state index in [1.807, 2.05) is 12.1 Å². The first-order chi connectivity index (χ1) is 10.7. The van der Waals surface area contributed by atoms with Gasteiger partial charge in [0.25, 0.3) is 0 Å². The van der Waals surface area contributed by atoms with Crippen molar-refractivity contribution in [1.29, 1.82) is 0 Å². The Morgan fingerprint density at radius 3 is 1.95 bits per heavy atom. The van der Waals surface area contributed by atoms with E-state index in [2.05, 4.69) is 55.5 Å². The quantitative estimate of drug-likeness (QED) is 0.360. The van der Waals surface area contributed by atoms with Crippen molar-refractivity contribution in [2.75, 3.05) is 5.75 Å². The summed E-state index contributed by atoms with van der Waals surface area (Å²) in [6, 6.07) is 20.9. The first-order valence-electron chi connectivity index (χ1n) is 7.32. The molecule has 0 saturated carbocycles. The normalized spacial score (nSPS) is 11.4. The SMILES string of the molecule is CCCCSC(=S)[S][Ge]([Cl])([c]1ccccc1)[c]1ccccc1. The van der Waals surface area contributed by atoms with E-state index in [0.29, 0.717) is 0 Å². The molecule has 0 aliphatic heterocycles. The van der Waals surface area contributed by atoms with Crippen molar-refractivity contribution in [2.45, 2.75) is 19.8 Å². The molecule has 116 valence electrons. The molecule has 0 aliphatic rings. The van der Waals surface area contributed by atoms with Gasteiger partial charge in [-0.25, -0.2) is 0 Å². The molecule has 0 N–H and O–H groups in total. The summed E-state index contributed by atoms with van der Waals surface area (Å²) in [7, 11) is 9.00. The summed E-state index contributed by atoms with van der Waals surface area (Å²) in [4.78, 5) is 0. The van der Waals surface area contributed by atoms with Gasteiger partial charge in [-0.05, 0) is 0 Å². The van der Waals surface area contributed by atoms with Crippen LogP contribution in [0.4, 0.5) is 0 Å². The molecule has 0 fully saturated rings. The summed E-state index contributed by atoms with van der Waals surface area (Å²) in [5.74, 6) is 1.08. The molecule has 0 amide bonds. The van der Waals surface area contributed by atoms with Crippen LogP contribution in [0.1, 0.15) is 19.8 Å². The van der Waals surface area contributed by atoms with Crippen LogP contribution in [0.2, 0.25) is 0 Å². The minimum atomic E-state index is -3.00. The number of thioether (sulfide) groups is 1. The molecule has 0 radical (unpaired) electrons. The molecule has 0 heterocycles. The molecule has 0 saturated heterocycles. The van der Waals surface area contributed by atoms with Crippen molar-refractivity contribution in [1.82, 2.24) is 0 Å². The van der Waals surface area contributed by atoms with Gasteiger partial charge in [-0.2, -0.15) is 0 Å². The Bertz CT molecular complexity index is 550. The van der Waals surface area contributed by atoms with Gasteiger partial charge < -0.3 is 0 Å². The molecule has 0 atom stereocenters. The molecule has 0 unspecified atom stereocenters. The van der Waals surface area contributed by atoms with E-state index in [-0.39, 0.29) is 0 Å². The summed E-state index contributed by atoms with van der Waals surface area (Å²) in [6.45, 7) is 2.20. The maximum atomic E-state index is 7.25. The van der Waals surface area contributed by atoms with Crippen LogP contribution < -0.4 is 8.79 Å². The molecule has 0 nitrogen and oxygen atoms in total. The van der Waals surface area contributed by atoms with Crippen LogP contribution in [-0.2, 0) is 0 Å². The van der Waals surface area contributed by atoms with Gasteiger partial charge in [0.2, 0.25) is 0 Å². The minimum absolute atomic E-state index is 0.983. The van der Waals surface area contributed by atoms with Crippen molar-refractivity contribution in [2.24, 2.45) is 0 Å². The molecule has 2 aromatic rings. The Kier molecular flexibility index (Phi) is 7.85. The second-order valence-electron chi connectivity index (χ2n) is 4.88. The standard InChI is InChI=1S/C17H19ClGeS3/c1-2-3-14-21-17(20)22-19(18,15-10-6-4-7-11-15)16-12-8-5-9-13-16/h4-13H,2-3,14H2,1H3. The zero-order chi connectivity index (χ0) is 15.8. The van der Waals surface area contributed by atoms with E-state index in [4.69, 9.17) is 22.2 Å². The van der Waals surface area contributed by atoms with Crippen LogP contribution in [0.5, 0.6) is 0 Å². The van der Waals surface area contributed by atoms with E-state index in [0.717, 1.165) is 9.28 Å². The van der Waals surface area contributed by atoms with E-state index in [1.165, 1.54) is 21.6 Å². The third kappa shape index (κ3) is 5.03. The van der Waals surface area contributed by atoms with Crippen molar-refractivity contribution in [3.8, 4) is 0 Å². The summed E-state index contributed by atoms with van der Waals surface area (Å²) < 4.78 is 3.48. The second-order valence-corrected chi connectivity index (χ2v) is 21.3. The van der Waals surface area contributed by atoms with Crippen LogP contribution in [0.15, 0.2) is 60.7 Å². The summed E-state index contributed by atoms with van der Waals surface area (Å²) in [5, 5.41) is 0. The molecular weight excluding hydrogens is 408 g/mol. The average molecular weight is 428 g/mol. The van der Waals surface area contributed by atoms with Crippen LogP contribution in [-0.4, -0.2) is 20.5 Å². The fraction of sp³-hybridized carbons (Fsp3) is 0.235. The van der Waals surface area contributed by atoms with E-state index < -0.39 is 11.2 Å². The van der Waals surface area contributed by atoms with Gasteiger partial charge in [0.1, 0.15) is 0 Å². The fourth-order valence-electron chi connectivity index (χ4n) is 2.03. The van der Waals surface area contributed by atoms with E-state index in [1.54, 1.807) is 21.8 Å². The zero-order valence-electron chi connectivity index (χ0n) is 12.5. The topological polar surface area (TPSA) is 0 Å². The molecule has 0 spiro atoms. The molecule has 0 aliphatic carbocycles. The first kappa shape index (κ1) is 18.4. The van der Waals surface area contributed by atoms with Crippen molar-refractivity contribution in [3.63, 3.8) is 0 Å². The average Bonchev–Trinajstić information content (AvgIpc) is 2.56. The summed E-state index contributed by atoms with van der Waals surface area (Å²) >= 11 is 4.37. The van der Waals surface area contributed by atoms with Crippen LogP contribution in [0, 0.1) is 0 Å². The van der Waals surface area contributed by atoms with Gasteiger partial charge in [-0.3, -0.25) is 0 Å². The van der Waals surface area contributed by atoms with Crippen LogP contribution >= 0.6 is 44.1 Å². The Morgan fingerprint density at radius 1 is 1.00 bits per heavy atom. The zero-order valence-corrected chi connectivity index (χ0v) is 17.8. The molecule has 2 aromatic carbocycles. The first-order valence-corrected chi connectivity index (χ1v) is 17.0. The molecule has 0 bridgehead atoms. The summed E-state index contributed by atoms with van der Waals surface area (Å²) in [6.07, 6.45) is 2.40. The predicted octanol–water partition coefficient (Wildman–Crippen LogP) is 5.03. The van der Waals surface area contributed by atoms with Gasteiger partial charge in [0.15, 0.2) is 0 Å². The van der Waals surface area contributed by atoms with E-state index in [9.17, 15) is 0 Å². The van der Waals surface area contributed by atoms with Crippen molar-refractivity contribution >= 4 is 67.6 Å². The Labute approximate surface area is 153 Å². The number of rotatable bonds is 6. The Hall–Kier alpha value is 0.0629. The Morgan fingerprint density at radius 2 is 1.50 bits per heavy atom. The number of benzene rings is 2. The molecule has 0 aromatic heterocycles. The number of hydrogen-bond donors (Lipinski definition) is 0. The van der Waals surface area contributed by atoms with Gasteiger partial charge >= 0.3 is 154 Å².